The van der Waals surface area contributed by atoms with E-state index >= 15 is 0 Å². The molecule has 1 unspecified atom stereocenters. The van der Waals surface area contributed by atoms with Gasteiger partial charge in [0.15, 0.2) is 0 Å². The maximum atomic E-state index is 13.1. The average Bonchev–Trinajstić information content (AvgIpc) is 2.70. The van der Waals surface area contributed by atoms with Crippen molar-refractivity contribution in [2.24, 2.45) is 0 Å². The molecule has 152 valence electrons. The predicted octanol–water partition coefficient (Wildman–Crippen LogP) is 3.94. The Hall–Kier alpha value is -1.61. The van der Waals surface area contributed by atoms with Crippen molar-refractivity contribution in [1.82, 2.24) is 5.32 Å². The van der Waals surface area contributed by atoms with Crippen LogP contribution >= 0.6 is 28.3 Å². The van der Waals surface area contributed by atoms with E-state index in [9.17, 15) is 13.2 Å². The molecule has 2 N–H and O–H groups in total. The van der Waals surface area contributed by atoms with Crippen LogP contribution in [0.1, 0.15) is 36.4 Å². The topological polar surface area (TPSA) is 86.7 Å². The lowest BCUT2D eigenvalue weighted by Crippen LogP contribution is -2.26. The second kappa shape index (κ2) is 9.26. The minimum absolute atomic E-state index is 0. The Balaban J connectivity index is 0.00000280. The summed E-state index contributed by atoms with van der Waals surface area (Å²) >= 11 is 3.37. The highest BCUT2D eigenvalue weighted by molar-refractivity contribution is 9.10. The molecule has 28 heavy (non-hydrogen) atoms. The Kier molecular flexibility index (Phi) is 7.50. The number of anilines is 1. The smallest absolute Gasteiger partial charge is 0.303 e. The maximum Gasteiger partial charge on any atom is 0.303 e. The minimum atomic E-state index is -3.69. The van der Waals surface area contributed by atoms with E-state index in [0.29, 0.717) is 35.1 Å². The first-order valence-electron chi connectivity index (χ1n) is 8.65. The number of halogens is 2. The summed E-state index contributed by atoms with van der Waals surface area (Å²) in [4.78, 5) is 10.9. The highest BCUT2D eigenvalue weighted by Gasteiger charge is 2.34. The molecular formula is C19H22BrClN2O4S. The SMILES string of the molecule is CN1c2ccccc2C(NCCCCC(=O)O)c2ccc(Br)cc2S1(=O)=O.Cl. The zero-order valence-corrected chi connectivity index (χ0v) is 18.5. The highest BCUT2D eigenvalue weighted by Crippen LogP contribution is 2.40. The largest absolute Gasteiger partial charge is 0.481 e. The molecule has 1 aliphatic rings. The molecule has 1 atom stereocenters. The van der Waals surface area contributed by atoms with Crippen molar-refractivity contribution < 1.29 is 18.3 Å². The van der Waals surface area contributed by atoms with Gasteiger partial charge in [0.05, 0.1) is 16.6 Å². The van der Waals surface area contributed by atoms with Crippen molar-refractivity contribution in [1.29, 1.82) is 0 Å². The molecule has 1 aliphatic heterocycles. The Morgan fingerprint density at radius 3 is 2.61 bits per heavy atom. The summed E-state index contributed by atoms with van der Waals surface area (Å²) in [7, 11) is -2.12. The van der Waals surface area contributed by atoms with E-state index in [4.69, 9.17) is 5.11 Å². The van der Waals surface area contributed by atoms with Crippen LogP contribution in [0.15, 0.2) is 51.8 Å². The first-order valence-corrected chi connectivity index (χ1v) is 10.9. The second-order valence-electron chi connectivity index (χ2n) is 6.45. The fourth-order valence-corrected chi connectivity index (χ4v) is 5.29. The molecule has 1 heterocycles. The third kappa shape index (κ3) is 4.51. The molecule has 0 fully saturated rings. The first-order chi connectivity index (χ1) is 12.8. The molecule has 0 spiro atoms. The second-order valence-corrected chi connectivity index (χ2v) is 9.30. The molecule has 2 aromatic rings. The number of sulfonamides is 1. The number of nitrogens with one attached hydrogen (secondary N) is 1. The Morgan fingerprint density at radius 1 is 1.18 bits per heavy atom. The number of carboxylic acid groups (broad SMARTS) is 1. The normalized spacial score (nSPS) is 17.1. The molecule has 6 nitrogen and oxygen atoms in total. The fraction of sp³-hybridized carbons (Fsp3) is 0.316. The molecule has 0 radical (unpaired) electrons. The van der Waals surface area contributed by atoms with Crippen LogP contribution in [0.3, 0.4) is 0 Å². The number of para-hydroxylation sites is 1. The summed E-state index contributed by atoms with van der Waals surface area (Å²) in [5, 5.41) is 12.2. The van der Waals surface area contributed by atoms with Crippen LogP contribution in [-0.2, 0) is 14.8 Å². The van der Waals surface area contributed by atoms with Gasteiger partial charge in [0.1, 0.15) is 0 Å². The van der Waals surface area contributed by atoms with Gasteiger partial charge in [-0.15, -0.1) is 12.4 Å². The van der Waals surface area contributed by atoms with Gasteiger partial charge in [0, 0.05) is 17.9 Å². The molecule has 0 aliphatic carbocycles. The van der Waals surface area contributed by atoms with Crippen molar-refractivity contribution in [2.75, 3.05) is 17.9 Å². The third-order valence-corrected chi connectivity index (χ3v) is 7.00. The van der Waals surface area contributed by atoms with Gasteiger partial charge in [0.25, 0.3) is 10.0 Å². The number of rotatable bonds is 6. The molecule has 0 aromatic heterocycles. The van der Waals surface area contributed by atoms with Crippen molar-refractivity contribution in [3.8, 4) is 0 Å². The zero-order chi connectivity index (χ0) is 19.6. The number of hydrogen-bond donors (Lipinski definition) is 2. The molecule has 9 heteroatoms. The van der Waals surface area contributed by atoms with E-state index < -0.39 is 16.0 Å². The molecule has 0 saturated carbocycles. The summed E-state index contributed by atoms with van der Waals surface area (Å²) in [6.07, 6.45) is 1.39. The number of carboxylic acids is 1. The summed E-state index contributed by atoms with van der Waals surface area (Å²) in [6, 6.07) is 12.4. The molecule has 0 bridgehead atoms. The quantitative estimate of drug-likeness (QED) is 0.600. The van der Waals surface area contributed by atoms with Crippen LogP contribution < -0.4 is 9.62 Å². The van der Waals surface area contributed by atoms with E-state index in [1.54, 1.807) is 19.2 Å². The van der Waals surface area contributed by atoms with Crippen molar-refractivity contribution in [3.05, 3.63) is 58.1 Å². The van der Waals surface area contributed by atoms with Gasteiger partial charge in [-0.25, -0.2) is 8.42 Å². The molecule has 3 rings (SSSR count). The molecule has 0 amide bonds. The number of hydrogen-bond acceptors (Lipinski definition) is 4. The maximum absolute atomic E-state index is 13.1. The molecular weight excluding hydrogens is 468 g/mol. The van der Waals surface area contributed by atoms with Crippen molar-refractivity contribution >= 4 is 50.0 Å². The van der Waals surface area contributed by atoms with Gasteiger partial charge < -0.3 is 10.4 Å². The molecule has 2 aromatic carbocycles. The van der Waals surface area contributed by atoms with Gasteiger partial charge in [-0.05, 0) is 48.7 Å². The van der Waals surface area contributed by atoms with Crippen molar-refractivity contribution in [2.45, 2.75) is 30.2 Å². The Labute approximate surface area is 179 Å². The summed E-state index contributed by atoms with van der Waals surface area (Å²) in [6.45, 7) is 0.589. The monoisotopic (exact) mass is 488 g/mol. The number of carbonyl (C=O) groups is 1. The van der Waals surface area contributed by atoms with Gasteiger partial charge in [-0.2, -0.15) is 0 Å². The minimum Gasteiger partial charge on any atom is -0.481 e. The number of benzene rings is 2. The zero-order valence-electron chi connectivity index (χ0n) is 15.3. The van der Waals surface area contributed by atoms with Crippen molar-refractivity contribution in [3.63, 3.8) is 0 Å². The van der Waals surface area contributed by atoms with E-state index in [1.807, 2.05) is 30.3 Å². The van der Waals surface area contributed by atoms with E-state index in [-0.39, 0.29) is 29.8 Å². The Morgan fingerprint density at radius 2 is 1.89 bits per heavy atom. The summed E-state index contributed by atoms with van der Waals surface area (Å²) in [5.41, 5.74) is 2.20. The van der Waals surface area contributed by atoms with Gasteiger partial charge >= 0.3 is 5.97 Å². The Bertz CT molecular complexity index is 968. The standard InChI is InChI=1S/C19H21BrN2O4S.ClH/c1-22-16-7-3-2-6-14(16)19(21-11-5-4-8-18(23)24)15-10-9-13(20)12-17(15)27(22,25)26;/h2-3,6-7,9-10,12,19,21H,4-5,8,11H2,1H3,(H,23,24);1H. The fourth-order valence-electron chi connectivity index (χ4n) is 3.30. The average molecular weight is 490 g/mol. The first kappa shape index (κ1) is 22.7. The number of unbranched alkanes of at least 4 members (excludes halogenated alkanes) is 1. The lowest BCUT2D eigenvalue weighted by molar-refractivity contribution is -0.137. The van der Waals surface area contributed by atoms with E-state index in [1.165, 1.54) is 4.31 Å². The number of fused-ring (bicyclic) bond motifs is 2. The van der Waals surface area contributed by atoms with E-state index in [2.05, 4.69) is 21.2 Å². The van der Waals surface area contributed by atoms with Gasteiger partial charge in [0.2, 0.25) is 0 Å². The molecule has 0 saturated heterocycles. The van der Waals surface area contributed by atoms with Gasteiger partial charge in [-0.3, -0.25) is 9.10 Å². The lowest BCUT2D eigenvalue weighted by atomic mass is 9.96. The van der Waals surface area contributed by atoms with Crippen LogP contribution in [0.2, 0.25) is 0 Å². The van der Waals surface area contributed by atoms with Gasteiger partial charge in [-0.1, -0.05) is 40.2 Å². The summed E-state index contributed by atoms with van der Waals surface area (Å²) in [5.74, 6) is -0.808. The van der Waals surface area contributed by atoms with Crippen LogP contribution in [-0.4, -0.2) is 33.1 Å². The summed E-state index contributed by atoms with van der Waals surface area (Å²) < 4.78 is 28.3. The number of aliphatic carboxylic acids is 1. The van der Waals surface area contributed by atoms with Crippen LogP contribution in [0.25, 0.3) is 0 Å². The lowest BCUT2D eigenvalue weighted by Gasteiger charge is -2.22. The predicted molar refractivity (Wildman–Crippen MR) is 115 cm³/mol. The van der Waals surface area contributed by atoms with E-state index in [0.717, 1.165) is 5.56 Å². The number of nitrogens with zero attached hydrogens (tertiary/aromatic N) is 1. The third-order valence-electron chi connectivity index (χ3n) is 4.68. The van der Waals surface area contributed by atoms with Crippen LogP contribution in [0.5, 0.6) is 0 Å². The van der Waals surface area contributed by atoms with Crippen LogP contribution in [0.4, 0.5) is 5.69 Å². The highest BCUT2D eigenvalue weighted by atomic mass is 79.9. The van der Waals surface area contributed by atoms with Crippen LogP contribution in [0, 0.1) is 0 Å².